The Morgan fingerprint density at radius 1 is 1.53 bits per heavy atom. The molecule has 0 aliphatic carbocycles. The minimum atomic E-state index is -0.223. The molecule has 0 radical (unpaired) electrons. The fourth-order valence-electron chi connectivity index (χ4n) is 1.37. The molecular weight excluding hydrogens is 192 g/mol. The molecule has 1 aromatic rings. The number of nitrogens with zero attached hydrogens (tertiary/aromatic N) is 2. The van der Waals surface area contributed by atoms with Crippen molar-refractivity contribution in [2.45, 2.75) is 12.5 Å². The fraction of sp³-hybridized carbons (Fsp3) is 0.455. The van der Waals surface area contributed by atoms with Crippen LogP contribution in [-0.4, -0.2) is 37.1 Å². The first-order chi connectivity index (χ1) is 7.15. The van der Waals surface area contributed by atoms with Gasteiger partial charge in [0, 0.05) is 6.20 Å². The number of methoxy groups -OCH3 is 1. The molecule has 0 aromatic carbocycles. The highest BCUT2D eigenvalue weighted by Gasteiger charge is 2.19. The van der Waals surface area contributed by atoms with Gasteiger partial charge >= 0.3 is 5.97 Å². The Kier molecular flexibility index (Phi) is 4.24. The third-order valence-corrected chi connectivity index (χ3v) is 2.24. The van der Waals surface area contributed by atoms with Gasteiger partial charge in [0.1, 0.15) is 0 Å². The molecule has 0 N–H and O–H groups in total. The van der Waals surface area contributed by atoms with Crippen LogP contribution in [0.15, 0.2) is 24.4 Å². The number of pyridine rings is 1. The average molecular weight is 208 g/mol. The second-order valence-corrected chi connectivity index (χ2v) is 3.51. The van der Waals surface area contributed by atoms with Gasteiger partial charge in [-0.15, -0.1) is 0 Å². The van der Waals surface area contributed by atoms with E-state index < -0.39 is 0 Å². The van der Waals surface area contributed by atoms with Crippen molar-refractivity contribution < 1.29 is 9.53 Å². The maximum atomic E-state index is 11.2. The van der Waals surface area contributed by atoms with Crippen molar-refractivity contribution in [3.8, 4) is 0 Å². The predicted molar refractivity (Wildman–Crippen MR) is 57.3 cm³/mol. The quantitative estimate of drug-likeness (QED) is 0.698. The number of esters is 1. The number of hydrogen-bond acceptors (Lipinski definition) is 4. The summed E-state index contributed by atoms with van der Waals surface area (Å²) in [7, 11) is 5.23. The number of carbonyl (C=O) groups excluding carboxylic acids is 1. The lowest BCUT2D eigenvalue weighted by atomic mass is 10.1. The molecule has 0 saturated heterocycles. The molecule has 1 unspecified atom stereocenters. The third-order valence-electron chi connectivity index (χ3n) is 2.24. The monoisotopic (exact) mass is 208 g/mol. The van der Waals surface area contributed by atoms with Crippen LogP contribution in [0.5, 0.6) is 0 Å². The van der Waals surface area contributed by atoms with Crippen molar-refractivity contribution in [3.63, 3.8) is 0 Å². The summed E-state index contributed by atoms with van der Waals surface area (Å²) in [5.41, 5.74) is 0.882. The van der Waals surface area contributed by atoms with Crippen LogP contribution in [0, 0.1) is 0 Å². The van der Waals surface area contributed by atoms with Gasteiger partial charge in [0.2, 0.25) is 0 Å². The molecule has 4 heteroatoms. The Labute approximate surface area is 89.9 Å². The number of aromatic nitrogens is 1. The van der Waals surface area contributed by atoms with E-state index in [9.17, 15) is 4.79 Å². The van der Waals surface area contributed by atoms with E-state index in [2.05, 4.69) is 9.72 Å². The third kappa shape index (κ3) is 3.32. The molecule has 15 heavy (non-hydrogen) atoms. The zero-order chi connectivity index (χ0) is 11.3. The summed E-state index contributed by atoms with van der Waals surface area (Å²) >= 11 is 0. The summed E-state index contributed by atoms with van der Waals surface area (Å²) in [5.74, 6) is -0.223. The maximum Gasteiger partial charge on any atom is 0.307 e. The van der Waals surface area contributed by atoms with Gasteiger partial charge in [0.15, 0.2) is 0 Å². The van der Waals surface area contributed by atoms with Crippen LogP contribution in [-0.2, 0) is 9.53 Å². The molecule has 1 atom stereocenters. The van der Waals surface area contributed by atoms with Gasteiger partial charge in [-0.1, -0.05) is 6.07 Å². The van der Waals surface area contributed by atoms with Gasteiger partial charge in [-0.05, 0) is 26.2 Å². The van der Waals surface area contributed by atoms with Crippen LogP contribution >= 0.6 is 0 Å². The van der Waals surface area contributed by atoms with E-state index in [1.807, 2.05) is 37.2 Å². The van der Waals surface area contributed by atoms with Crippen LogP contribution in [0.3, 0.4) is 0 Å². The molecule has 1 rings (SSSR count). The van der Waals surface area contributed by atoms with Crippen LogP contribution < -0.4 is 0 Å². The predicted octanol–water partition coefficient (Wildman–Crippen LogP) is 1.25. The van der Waals surface area contributed by atoms with Crippen molar-refractivity contribution in [3.05, 3.63) is 30.1 Å². The highest BCUT2D eigenvalue weighted by molar-refractivity contribution is 5.70. The summed E-state index contributed by atoms with van der Waals surface area (Å²) in [6.45, 7) is 0. The van der Waals surface area contributed by atoms with Crippen molar-refractivity contribution >= 4 is 5.97 Å². The van der Waals surface area contributed by atoms with Gasteiger partial charge in [-0.3, -0.25) is 9.78 Å². The molecule has 1 heterocycles. The molecule has 1 aromatic heterocycles. The molecule has 4 nitrogen and oxygen atoms in total. The SMILES string of the molecule is COC(=O)CC(c1ccccn1)N(C)C. The van der Waals surface area contributed by atoms with Crippen molar-refractivity contribution in [1.29, 1.82) is 0 Å². The molecule has 0 amide bonds. The fourth-order valence-corrected chi connectivity index (χ4v) is 1.37. The summed E-state index contributed by atoms with van der Waals surface area (Å²) < 4.78 is 4.66. The smallest absolute Gasteiger partial charge is 0.307 e. The Morgan fingerprint density at radius 3 is 2.73 bits per heavy atom. The first-order valence-electron chi connectivity index (χ1n) is 4.79. The van der Waals surface area contributed by atoms with Crippen molar-refractivity contribution in [2.75, 3.05) is 21.2 Å². The number of hydrogen-bond donors (Lipinski definition) is 0. The van der Waals surface area contributed by atoms with Gasteiger partial charge in [0.05, 0.1) is 25.3 Å². The van der Waals surface area contributed by atoms with E-state index in [0.29, 0.717) is 6.42 Å². The van der Waals surface area contributed by atoms with E-state index in [4.69, 9.17) is 0 Å². The number of ether oxygens (including phenoxy) is 1. The van der Waals surface area contributed by atoms with Gasteiger partial charge in [-0.25, -0.2) is 0 Å². The van der Waals surface area contributed by atoms with Gasteiger partial charge in [-0.2, -0.15) is 0 Å². The normalized spacial score (nSPS) is 12.5. The molecule has 0 aliphatic heterocycles. The summed E-state index contributed by atoms with van der Waals surface area (Å²) in [6.07, 6.45) is 2.05. The maximum absolute atomic E-state index is 11.2. The minimum Gasteiger partial charge on any atom is -0.469 e. The topological polar surface area (TPSA) is 42.4 Å². The Balaban J connectivity index is 2.79. The van der Waals surface area contributed by atoms with Crippen molar-refractivity contribution in [1.82, 2.24) is 9.88 Å². The molecule has 0 fully saturated rings. The Morgan fingerprint density at radius 2 is 2.27 bits per heavy atom. The van der Waals surface area contributed by atoms with Crippen molar-refractivity contribution in [2.24, 2.45) is 0 Å². The van der Waals surface area contributed by atoms with Crippen LogP contribution in [0.2, 0.25) is 0 Å². The average Bonchev–Trinajstić information content (AvgIpc) is 2.26. The Hall–Kier alpha value is -1.42. The van der Waals surface area contributed by atoms with Crippen LogP contribution in [0.1, 0.15) is 18.2 Å². The zero-order valence-corrected chi connectivity index (χ0v) is 9.30. The van der Waals surface area contributed by atoms with E-state index >= 15 is 0 Å². The molecule has 0 saturated carbocycles. The second-order valence-electron chi connectivity index (χ2n) is 3.51. The molecule has 82 valence electrons. The molecular formula is C11H16N2O2. The van der Waals surface area contributed by atoms with E-state index in [0.717, 1.165) is 5.69 Å². The second kappa shape index (κ2) is 5.46. The lowest BCUT2D eigenvalue weighted by molar-refractivity contribution is -0.142. The highest BCUT2D eigenvalue weighted by atomic mass is 16.5. The van der Waals surface area contributed by atoms with Crippen LogP contribution in [0.25, 0.3) is 0 Å². The first kappa shape index (κ1) is 11.7. The molecule has 0 aliphatic rings. The number of rotatable bonds is 4. The standard InChI is InChI=1S/C11H16N2O2/c1-13(2)10(8-11(14)15-3)9-6-4-5-7-12-9/h4-7,10H,8H2,1-3H3. The molecule has 0 bridgehead atoms. The summed E-state index contributed by atoms with van der Waals surface area (Å²) in [6, 6.07) is 5.65. The van der Waals surface area contributed by atoms with Gasteiger partial charge < -0.3 is 9.64 Å². The van der Waals surface area contributed by atoms with E-state index in [-0.39, 0.29) is 12.0 Å². The first-order valence-corrected chi connectivity index (χ1v) is 4.79. The van der Waals surface area contributed by atoms with Crippen LogP contribution in [0.4, 0.5) is 0 Å². The summed E-state index contributed by atoms with van der Waals surface area (Å²) in [4.78, 5) is 17.4. The van der Waals surface area contributed by atoms with E-state index in [1.54, 1.807) is 6.20 Å². The highest BCUT2D eigenvalue weighted by Crippen LogP contribution is 2.19. The van der Waals surface area contributed by atoms with Gasteiger partial charge in [0.25, 0.3) is 0 Å². The lowest BCUT2D eigenvalue weighted by Gasteiger charge is -2.22. The largest absolute Gasteiger partial charge is 0.469 e. The minimum absolute atomic E-state index is 0.0290. The lowest BCUT2D eigenvalue weighted by Crippen LogP contribution is -2.24. The summed E-state index contributed by atoms with van der Waals surface area (Å²) in [5, 5.41) is 0. The zero-order valence-electron chi connectivity index (χ0n) is 9.30. The van der Waals surface area contributed by atoms with E-state index in [1.165, 1.54) is 7.11 Å². The number of carbonyl (C=O) groups is 1. The Bertz CT molecular complexity index is 312. The molecule has 0 spiro atoms.